The minimum absolute atomic E-state index is 0.544. The summed E-state index contributed by atoms with van der Waals surface area (Å²) in [6, 6.07) is 65.6. The Kier molecular flexibility index (Phi) is 6.83. The molecule has 6 nitrogen and oxygen atoms in total. The summed E-state index contributed by atoms with van der Waals surface area (Å²) in [6.45, 7) is 0. The first-order valence-corrected chi connectivity index (χ1v) is 19.1. The van der Waals surface area contributed by atoms with E-state index in [0.29, 0.717) is 17.6 Å². The lowest BCUT2D eigenvalue weighted by Crippen LogP contribution is -2.07. The summed E-state index contributed by atoms with van der Waals surface area (Å²) in [6.07, 6.45) is 0. The van der Waals surface area contributed by atoms with Crippen LogP contribution in [-0.2, 0) is 0 Å². The maximum Gasteiger partial charge on any atom is 0.238 e. The number of hydrogen-bond donors (Lipinski definition) is 0. The molecule has 0 saturated heterocycles. The van der Waals surface area contributed by atoms with E-state index >= 15 is 0 Å². The Morgan fingerprint density at radius 1 is 0.333 bits per heavy atom. The van der Waals surface area contributed by atoms with Crippen molar-refractivity contribution in [2.75, 3.05) is 0 Å². The van der Waals surface area contributed by atoms with E-state index in [1.54, 1.807) is 0 Å². The molecule has 12 rings (SSSR count). The zero-order chi connectivity index (χ0) is 37.5. The monoisotopic (exact) mass is 729 g/mol. The number of para-hydroxylation sites is 4. The number of benzene rings is 8. The molecule has 12 aromatic rings. The average molecular weight is 730 g/mol. The second-order valence-corrected chi connectivity index (χ2v) is 14.4. The summed E-state index contributed by atoms with van der Waals surface area (Å²) >= 11 is 0. The highest BCUT2D eigenvalue weighted by Gasteiger charge is 2.23. The van der Waals surface area contributed by atoms with Gasteiger partial charge in [-0.25, -0.2) is 4.98 Å². The van der Waals surface area contributed by atoms with Crippen molar-refractivity contribution in [3.8, 4) is 45.5 Å². The van der Waals surface area contributed by atoms with Crippen LogP contribution in [0.1, 0.15) is 0 Å². The first-order valence-electron chi connectivity index (χ1n) is 19.1. The van der Waals surface area contributed by atoms with Gasteiger partial charge in [0, 0.05) is 49.1 Å². The van der Waals surface area contributed by atoms with Gasteiger partial charge in [0.2, 0.25) is 5.95 Å². The molecule has 0 aliphatic carbocycles. The van der Waals surface area contributed by atoms with E-state index in [0.717, 1.165) is 88.1 Å². The summed E-state index contributed by atoms with van der Waals surface area (Å²) in [5.41, 5.74) is 11.1. The minimum Gasteiger partial charge on any atom is -0.456 e. The van der Waals surface area contributed by atoms with Crippen LogP contribution in [-0.4, -0.2) is 24.1 Å². The van der Waals surface area contributed by atoms with Gasteiger partial charge in [-0.3, -0.25) is 4.57 Å². The molecule has 0 N–H and O–H groups in total. The number of hydrogen-bond acceptors (Lipinski definition) is 4. The lowest BCUT2D eigenvalue weighted by atomic mass is 10.0. The number of nitrogens with zero attached hydrogens (tertiary/aromatic N) is 5. The first kappa shape index (κ1) is 31.5. The van der Waals surface area contributed by atoms with Crippen LogP contribution < -0.4 is 0 Å². The summed E-state index contributed by atoms with van der Waals surface area (Å²) in [5.74, 6) is 1.72. The fourth-order valence-electron chi connectivity index (χ4n) is 8.58. The molecule has 0 saturated carbocycles. The van der Waals surface area contributed by atoms with E-state index in [-0.39, 0.29) is 0 Å². The Hall–Kier alpha value is -7.83. The second kappa shape index (κ2) is 12.3. The average Bonchev–Trinajstić information content (AvgIpc) is 3.94. The number of rotatable bonds is 5. The zero-order valence-electron chi connectivity index (χ0n) is 30.5. The Morgan fingerprint density at radius 3 is 1.56 bits per heavy atom. The molecule has 0 spiro atoms. The standard InChI is InChI=1S/C51H31N5O/c1-3-13-32(14-4-1)33-23-25-34(26-24-33)49-52-50(35-27-30-46-42(31-35)39-19-9-12-22-45(39)57-46)54-51(53-49)56-44-21-11-8-18-38(44)41-29-28-40-37-17-7-10-20-43(37)55(47(40)48(41)56)36-15-5-2-6-16-36/h1-31H. The van der Waals surface area contributed by atoms with Crippen LogP contribution in [0.5, 0.6) is 0 Å². The Labute approximate surface area is 326 Å². The molecule has 57 heavy (non-hydrogen) atoms. The van der Waals surface area contributed by atoms with Crippen molar-refractivity contribution in [3.63, 3.8) is 0 Å². The molecule has 0 aliphatic rings. The van der Waals surface area contributed by atoms with Crippen LogP contribution in [0.3, 0.4) is 0 Å². The van der Waals surface area contributed by atoms with Crippen LogP contribution in [0.25, 0.3) is 111 Å². The third-order valence-electron chi connectivity index (χ3n) is 11.2. The highest BCUT2D eigenvalue weighted by Crippen LogP contribution is 2.42. The van der Waals surface area contributed by atoms with E-state index < -0.39 is 0 Å². The molecule has 266 valence electrons. The normalized spacial score (nSPS) is 11.9. The predicted molar refractivity (Wildman–Crippen MR) is 232 cm³/mol. The van der Waals surface area contributed by atoms with E-state index in [1.807, 2.05) is 36.4 Å². The SMILES string of the molecule is c1ccc(-c2ccc(-c3nc(-c4ccc5oc6ccccc6c5c4)nc(-n4c5ccccc5c5ccc6c7ccccc7n(-c7ccccc7)c6c54)n3)cc2)cc1. The number of aromatic nitrogens is 5. The van der Waals surface area contributed by atoms with Crippen LogP contribution >= 0.6 is 0 Å². The third-order valence-corrected chi connectivity index (χ3v) is 11.2. The molecule has 6 heteroatoms. The van der Waals surface area contributed by atoms with E-state index in [1.165, 1.54) is 5.39 Å². The summed E-state index contributed by atoms with van der Waals surface area (Å²) in [7, 11) is 0. The van der Waals surface area contributed by atoms with Crippen LogP contribution in [0.2, 0.25) is 0 Å². The highest BCUT2D eigenvalue weighted by molar-refractivity contribution is 6.23. The zero-order valence-corrected chi connectivity index (χ0v) is 30.5. The number of furan rings is 1. The van der Waals surface area contributed by atoms with Crippen LogP contribution in [0.15, 0.2) is 192 Å². The molecule has 0 atom stereocenters. The Morgan fingerprint density at radius 2 is 0.842 bits per heavy atom. The predicted octanol–water partition coefficient (Wildman–Crippen LogP) is 13.0. The molecule has 8 aromatic carbocycles. The van der Waals surface area contributed by atoms with Gasteiger partial charge in [0.15, 0.2) is 11.6 Å². The van der Waals surface area contributed by atoms with E-state index in [2.05, 4.69) is 161 Å². The van der Waals surface area contributed by atoms with Gasteiger partial charge in [-0.2, -0.15) is 9.97 Å². The Bertz CT molecular complexity index is 3510. The van der Waals surface area contributed by atoms with Crippen molar-refractivity contribution in [2.24, 2.45) is 0 Å². The van der Waals surface area contributed by atoms with Crippen molar-refractivity contribution in [1.82, 2.24) is 24.1 Å². The molecule has 0 bridgehead atoms. The van der Waals surface area contributed by atoms with Gasteiger partial charge in [0.25, 0.3) is 0 Å². The Balaban J connectivity index is 1.18. The maximum absolute atomic E-state index is 6.22. The topological polar surface area (TPSA) is 61.7 Å². The molecule has 4 heterocycles. The summed E-state index contributed by atoms with van der Waals surface area (Å²) in [5, 5.41) is 6.67. The van der Waals surface area contributed by atoms with Gasteiger partial charge < -0.3 is 8.98 Å². The molecule has 0 fully saturated rings. The molecule has 4 aromatic heterocycles. The summed E-state index contributed by atoms with van der Waals surface area (Å²) < 4.78 is 10.8. The van der Waals surface area contributed by atoms with Gasteiger partial charge in [0.1, 0.15) is 11.2 Å². The van der Waals surface area contributed by atoms with Gasteiger partial charge in [-0.15, -0.1) is 0 Å². The fourth-order valence-corrected chi connectivity index (χ4v) is 8.58. The largest absolute Gasteiger partial charge is 0.456 e. The van der Waals surface area contributed by atoms with Crippen molar-refractivity contribution in [3.05, 3.63) is 188 Å². The molecule has 0 amide bonds. The van der Waals surface area contributed by atoms with Crippen molar-refractivity contribution in [1.29, 1.82) is 0 Å². The lowest BCUT2D eigenvalue weighted by molar-refractivity contribution is 0.669. The van der Waals surface area contributed by atoms with Gasteiger partial charge in [-0.1, -0.05) is 140 Å². The number of fused-ring (bicyclic) bond motifs is 10. The quantitative estimate of drug-likeness (QED) is 0.177. The molecule has 0 aliphatic heterocycles. The third kappa shape index (κ3) is 4.87. The molecular weight excluding hydrogens is 699 g/mol. The van der Waals surface area contributed by atoms with E-state index in [9.17, 15) is 0 Å². The van der Waals surface area contributed by atoms with E-state index in [4.69, 9.17) is 19.4 Å². The molecule has 0 unspecified atom stereocenters. The van der Waals surface area contributed by atoms with Gasteiger partial charge in [0.05, 0.1) is 22.1 Å². The van der Waals surface area contributed by atoms with Gasteiger partial charge in [-0.05, 0) is 59.7 Å². The highest BCUT2D eigenvalue weighted by atomic mass is 16.3. The van der Waals surface area contributed by atoms with Crippen molar-refractivity contribution < 1.29 is 4.42 Å². The second-order valence-electron chi connectivity index (χ2n) is 14.4. The van der Waals surface area contributed by atoms with Gasteiger partial charge >= 0.3 is 0 Å². The van der Waals surface area contributed by atoms with Crippen molar-refractivity contribution >= 4 is 65.6 Å². The minimum atomic E-state index is 0.544. The van der Waals surface area contributed by atoms with Crippen LogP contribution in [0, 0.1) is 0 Å². The fraction of sp³-hybridized carbons (Fsp3) is 0. The maximum atomic E-state index is 6.22. The lowest BCUT2D eigenvalue weighted by Gasteiger charge is -2.13. The smallest absolute Gasteiger partial charge is 0.238 e. The van der Waals surface area contributed by atoms with Crippen LogP contribution in [0.4, 0.5) is 0 Å². The summed E-state index contributed by atoms with van der Waals surface area (Å²) in [4.78, 5) is 15.9. The molecular formula is C51H31N5O. The molecule has 0 radical (unpaired) electrons. The van der Waals surface area contributed by atoms with Crippen molar-refractivity contribution in [2.45, 2.75) is 0 Å². The first-order chi connectivity index (χ1) is 28.3.